The van der Waals surface area contributed by atoms with Crippen LogP contribution in [0, 0.1) is 11.7 Å². The molecule has 1 aromatic carbocycles. The third-order valence-corrected chi connectivity index (χ3v) is 3.82. The number of rotatable bonds is 3. The molecule has 21 heavy (non-hydrogen) atoms. The number of carboxylic acids is 1. The number of carboxylic acid groups (broad SMARTS) is 1. The van der Waals surface area contributed by atoms with Gasteiger partial charge in [-0.2, -0.15) is 0 Å². The Labute approximate surface area is 122 Å². The normalized spacial score (nSPS) is 21.9. The fourth-order valence-electron chi connectivity index (χ4n) is 2.62. The van der Waals surface area contributed by atoms with Crippen molar-refractivity contribution in [3.63, 3.8) is 0 Å². The topological polar surface area (TPSA) is 69.6 Å². The fourth-order valence-corrected chi connectivity index (χ4v) is 2.62. The molecular weight excluding hydrogens is 275 g/mol. The Bertz CT molecular complexity index is 535. The second-order valence-corrected chi connectivity index (χ2v) is 5.39. The lowest BCUT2D eigenvalue weighted by molar-refractivity contribution is -0.143. The van der Waals surface area contributed by atoms with Gasteiger partial charge in [0.05, 0.1) is 5.92 Å². The molecule has 5 nitrogen and oxygen atoms in total. The zero-order chi connectivity index (χ0) is 15.4. The molecule has 1 aliphatic heterocycles. The average Bonchev–Trinajstić information content (AvgIpc) is 2.44. The third-order valence-electron chi connectivity index (χ3n) is 3.82. The van der Waals surface area contributed by atoms with Gasteiger partial charge in [0.2, 0.25) is 0 Å². The Kier molecular flexibility index (Phi) is 4.77. The van der Waals surface area contributed by atoms with Gasteiger partial charge in [-0.1, -0.05) is 12.1 Å². The molecule has 0 saturated carbocycles. The molecule has 1 aromatic rings. The molecule has 0 bridgehead atoms. The summed E-state index contributed by atoms with van der Waals surface area (Å²) in [7, 11) is 0. The van der Waals surface area contributed by atoms with Gasteiger partial charge in [-0.15, -0.1) is 0 Å². The highest BCUT2D eigenvalue weighted by Crippen LogP contribution is 2.23. The molecule has 0 radical (unpaired) electrons. The Morgan fingerprint density at radius 3 is 2.86 bits per heavy atom. The second-order valence-electron chi connectivity index (χ2n) is 5.39. The predicted molar refractivity (Wildman–Crippen MR) is 75.2 cm³/mol. The van der Waals surface area contributed by atoms with Crippen molar-refractivity contribution in [2.75, 3.05) is 6.54 Å². The van der Waals surface area contributed by atoms with Crippen LogP contribution in [-0.4, -0.2) is 34.6 Å². The van der Waals surface area contributed by atoms with E-state index < -0.39 is 5.97 Å². The van der Waals surface area contributed by atoms with Crippen molar-refractivity contribution in [3.8, 4) is 0 Å². The molecule has 1 saturated heterocycles. The average molecular weight is 294 g/mol. The van der Waals surface area contributed by atoms with Crippen molar-refractivity contribution in [1.29, 1.82) is 0 Å². The first-order valence-corrected chi connectivity index (χ1v) is 6.99. The highest BCUT2D eigenvalue weighted by Gasteiger charge is 2.32. The van der Waals surface area contributed by atoms with Crippen LogP contribution in [0.2, 0.25) is 0 Å². The SMILES string of the molecule is CC1CC(C(=O)O)CCN1C(=O)NCc1cccc(F)c1. The molecule has 2 amide bonds. The number of likely N-dealkylation sites (tertiary alicyclic amines) is 1. The van der Waals surface area contributed by atoms with Crippen molar-refractivity contribution in [3.05, 3.63) is 35.6 Å². The molecule has 1 fully saturated rings. The van der Waals surface area contributed by atoms with E-state index in [-0.39, 0.29) is 30.4 Å². The second kappa shape index (κ2) is 6.56. The first kappa shape index (κ1) is 15.3. The van der Waals surface area contributed by atoms with E-state index in [9.17, 15) is 14.0 Å². The number of carbonyl (C=O) groups excluding carboxylic acids is 1. The van der Waals surface area contributed by atoms with Crippen molar-refractivity contribution in [1.82, 2.24) is 10.2 Å². The third kappa shape index (κ3) is 3.93. The Morgan fingerprint density at radius 1 is 1.48 bits per heavy atom. The summed E-state index contributed by atoms with van der Waals surface area (Å²) in [5, 5.41) is 11.7. The van der Waals surface area contributed by atoms with E-state index in [4.69, 9.17) is 5.11 Å². The quantitative estimate of drug-likeness (QED) is 0.898. The van der Waals surface area contributed by atoms with Gasteiger partial charge >= 0.3 is 12.0 Å². The van der Waals surface area contributed by atoms with Gasteiger partial charge in [0, 0.05) is 19.1 Å². The maximum atomic E-state index is 13.0. The van der Waals surface area contributed by atoms with Crippen molar-refractivity contribution in [2.24, 2.45) is 5.92 Å². The molecule has 2 N–H and O–H groups in total. The number of amides is 2. The standard InChI is InChI=1S/C15H19FN2O3/c1-10-7-12(14(19)20)5-6-18(10)15(21)17-9-11-3-2-4-13(16)8-11/h2-4,8,10,12H,5-7,9H2,1H3,(H,17,21)(H,19,20). The maximum absolute atomic E-state index is 13.0. The van der Waals surface area contributed by atoms with E-state index in [1.54, 1.807) is 17.0 Å². The van der Waals surface area contributed by atoms with Crippen LogP contribution in [0.5, 0.6) is 0 Å². The van der Waals surface area contributed by atoms with Crippen LogP contribution in [0.15, 0.2) is 24.3 Å². The first-order chi connectivity index (χ1) is 9.97. The van der Waals surface area contributed by atoms with Crippen molar-refractivity contribution < 1.29 is 19.1 Å². The Morgan fingerprint density at radius 2 is 2.24 bits per heavy atom. The number of halogens is 1. The number of urea groups is 1. The summed E-state index contributed by atoms with van der Waals surface area (Å²) in [4.78, 5) is 24.7. The fraction of sp³-hybridized carbons (Fsp3) is 0.467. The number of carbonyl (C=O) groups is 2. The molecule has 6 heteroatoms. The molecule has 114 valence electrons. The monoisotopic (exact) mass is 294 g/mol. The number of benzene rings is 1. The summed E-state index contributed by atoms with van der Waals surface area (Å²) < 4.78 is 13.0. The minimum atomic E-state index is -0.804. The van der Waals surface area contributed by atoms with Gasteiger partial charge in [-0.3, -0.25) is 4.79 Å². The van der Waals surface area contributed by atoms with Gasteiger partial charge in [0.15, 0.2) is 0 Å². The van der Waals surface area contributed by atoms with E-state index in [1.165, 1.54) is 12.1 Å². The molecule has 0 aliphatic carbocycles. The number of nitrogens with zero attached hydrogens (tertiary/aromatic N) is 1. The highest BCUT2D eigenvalue weighted by molar-refractivity contribution is 5.75. The van der Waals surface area contributed by atoms with Gasteiger partial charge in [0.25, 0.3) is 0 Å². The van der Waals surface area contributed by atoms with Crippen molar-refractivity contribution >= 4 is 12.0 Å². The van der Waals surface area contributed by atoms with Crippen LogP contribution in [0.25, 0.3) is 0 Å². The molecule has 1 aliphatic rings. The largest absolute Gasteiger partial charge is 0.481 e. The zero-order valence-electron chi connectivity index (χ0n) is 11.9. The van der Waals surface area contributed by atoms with E-state index >= 15 is 0 Å². The number of hydrogen-bond donors (Lipinski definition) is 2. The van der Waals surface area contributed by atoms with Gasteiger partial charge in [-0.05, 0) is 37.5 Å². The van der Waals surface area contributed by atoms with Crippen LogP contribution in [0.3, 0.4) is 0 Å². The van der Waals surface area contributed by atoms with Crippen LogP contribution < -0.4 is 5.32 Å². The minimum absolute atomic E-state index is 0.118. The van der Waals surface area contributed by atoms with E-state index in [0.717, 1.165) is 0 Å². The smallest absolute Gasteiger partial charge is 0.317 e. The number of piperidine rings is 1. The molecule has 0 spiro atoms. The number of nitrogens with one attached hydrogen (secondary N) is 1. The number of hydrogen-bond acceptors (Lipinski definition) is 2. The Balaban J connectivity index is 1.88. The molecule has 2 unspecified atom stereocenters. The summed E-state index contributed by atoms with van der Waals surface area (Å²) in [6, 6.07) is 5.70. The van der Waals surface area contributed by atoms with Crippen LogP contribution >= 0.6 is 0 Å². The van der Waals surface area contributed by atoms with Gasteiger partial charge in [0.1, 0.15) is 5.82 Å². The van der Waals surface area contributed by atoms with Crippen LogP contribution in [0.1, 0.15) is 25.3 Å². The lowest BCUT2D eigenvalue weighted by Gasteiger charge is -2.36. The van der Waals surface area contributed by atoms with Gasteiger partial charge < -0.3 is 15.3 Å². The van der Waals surface area contributed by atoms with E-state index in [1.807, 2.05) is 6.92 Å². The summed E-state index contributed by atoms with van der Waals surface area (Å²) in [6.07, 6.45) is 0.926. The van der Waals surface area contributed by atoms with E-state index in [0.29, 0.717) is 24.9 Å². The molecule has 2 atom stereocenters. The van der Waals surface area contributed by atoms with Crippen LogP contribution in [-0.2, 0) is 11.3 Å². The summed E-state index contributed by atoms with van der Waals surface area (Å²) in [5.74, 6) is -1.52. The highest BCUT2D eigenvalue weighted by atomic mass is 19.1. The summed E-state index contributed by atoms with van der Waals surface area (Å²) >= 11 is 0. The number of aliphatic carboxylic acids is 1. The summed E-state index contributed by atoms with van der Waals surface area (Å²) in [5.41, 5.74) is 0.691. The first-order valence-electron chi connectivity index (χ1n) is 6.99. The maximum Gasteiger partial charge on any atom is 0.317 e. The molecule has 2 rings (SSSR count). The lowest BCUT2D eigenvalue weighted by atomic mass is 9.92. The molecule has 0 aromatic heterocycles. The lowest BCUT2D eigenvalue weighted by Crippen LogP contribution is -2.50. The van der Waals surface area contributed by atoms with Gasteiger partial charge in [-0.25, -0.2) is 9.18 Å². The predicted octanol–water partition coefficient (Wildman–Crippen LogP) is 2.22. The Hall–Kier alpha value is -2.11. The zero-order valence-corrected chi connectivity index (χ0v) is 11.9. The van der Waals surface area contributed by atoms with Crippen molar-refractivity contribution in [2.45, 2.75) is 32.4 Å². The van der Waals surface area contributed by atoms with E-state index in [2.05, 4.69) is 5.32 Å². The van der Waals surface area contributed by atoms with Crippen LogP contribution in [0.4, 0.5) is 9.18 Å². The summed E-state index contributed by atoms with van der Waals surface area (Å²) in [6.45, 7) is 2.52. The minimum Gasteiger partial charge on any atom is -0.481 e. The molecular formula is C15H19FN2O3. The molecule has 1 heterocycles.